The molecule has 8 heteroatoms. The molecule has 172 valence electrons. The Morgan fingerprint density at radius 3 is 2.85 bits per heavy atom. The Labute approximate surface area is 202 Å². The molecule has 2 atom stereocenters. The summed E-state index contributed by atoms with van der Waals surface area (Å²) >= 11 is 6.43. The van der Waals surface area contributed by atoms with Gasteiger partial charge in [0.25, 0.3) is 5.91 Å². The summed E-state index contributed by atoms with van der Waals surface area (Å²) in [4.78, 5) is 29.3. The van der Waals surface area contributed by atoms with Crippen LogP contribution in [0.5, 0.6) is 0 Å². The number of para-hydroxylation sites is 1. The van der Waals surface area contributed by atoms with Crippen molar-refractivity contribution in [3.05, 3.63) is 71.5 Å². The van der Waals surface area contributed by atoms with Crippen LogP contribution in [0.2, 0.25) is 5.02 Å². The molecule has 0 saturated heterocycles. The molecule has 1 unspecified atom stereocenters. The zero-order valence-corrected chi connectivity index (χ0v) is 19.3. The summed E-state index contributed by atoms with van der Waals surface area (Å²) in [5, 5.41) is 4.67. The number of nitrogen functional groups attached to an aromatic ring is 1. The van der Waals surface area contributed by atoms with E-state index in [2.05, 4.69) is 25.3 Å². The number of nitrogens with one attached hydrogen (secondary N) is 2. The topological polar surface area (TPSA) is 109 Å². The van der Waals surface area contributed by atoms with Crippen molar-refractivity contribution in [3.8, 4) is 11.3 Å². The van der Waals surface area contributed by atoms with Crippen LogP contribution in [0.4, 0.5) is 11.6 Å². The van der Waals surface area contributed by atoms with Crippen molar-refractivity contribution in [1.29, 1.82) is 0 Å². The van der Waals surface area contributed by atoms with Crippen LogP contribution in [0, 0.1) is 5.92 Å². The molecule has 4 aromatic rings. The number of hydrogen-bond acceptors (Lipinski definition) is 5. The van der Waals surface area contributed by atoms with Gasteiger partial charge in [-0.05, 0) is 55.5 Å². The molecule has 0 aliphatic heterocycles. The summed E-state index contributed by atoms with van der Waals surface area (Å²) < 4.78 is 0. The van der Waals surface area contributed by atoms with Crippen LogP contribution in [-0.4, -0.2) is 33.1 Å². The molecule has 4 N–H and O–H groups in total. The summed E-state index contributed by atoms with van der Waals surface area (Å²) in [6.45, 7) is 0. The molecular weight excluding hydrogens is 448 g/mol. The molecule has 2 aromatic carbocycles. The first-order valence-electron chi connectivity index (χ1n) is 11.4. The summed E-state index contributed by atoms with van der Waals surface area (Å²) in [7, 11) is 0. The standard InChI is InChI=1S/C26H25ClN6O/c27-22-15-31-26(33-24(22)21-14-29-23-7-2-1-6-20(21)23)30-13-16-4-3-5-19(12-16)32-25(34)17-8-10-18(28)11-9-17/h1-2,6-11,13-16,19,29H,3-5,12,28H2,(H,32,34)/b30-13+/t16?,19-/m0/s1. The van der Waals surface area contributed by atoms with E-state index in [1.165, 1.54) is 0 Å². The van der Waals surface area contributed by atoms with Gasteiger partial charge in [-0.2, -0.15) is 0 Å². The number of carbonyl (C=O) groups is 1. The molecule has 2 aromatic heterocycles. The second kappa shape index (κ2) is 9.65. The minimum atomic E-state index is -0.0769. The zero-order valence-electron chi connectivity index (χ0n) is 18.5. The number of halogens is 1. The van der Waals surface area contributed by atoms with Gasteiger partial charge in [-0.15, -0.1) is 0 Å². The molecule has 1 fully saturated rings. The fourth-order valence-corrected chi connectivity index (χ4v) is 4.64. The highest BCUT2D eigenvalue weighted by Gasteiger charge is 2.23. The van der Waals surface area contributed by atoms with Gasteiger partial charge in [-0.25, -0.2) is 15.0 Å². The van der Waals surface area contributed by atoms with Gasteiger partial charge in [-0.1, -0.05) is 36.2 Å². The third-order valence-electron chi connectivity index (χ3n) is 6.20. The summed E-state index contributed by atoms with van der Waals surface area (Å²) in [6, 6.07) is 15.1. The quantitative estimate of drug-likeness (QED) is 0.261. The molecule has 5 rings (SSSR count). The number of hydrogen-bond donors (Lipinski definition) is 3. The maximum Gasteiger partial charge on any atom is 0.251 e. The SMILES string of the molecule is Nc1ccc(C(=O)N[C@H]2CCCC(/C=N/c3ncc(Cl)c(-c4c[nH]c5ccccc45)n3)C2)cc1. The molecule has 7 nitrogen and oxygen atoms in total. The van der Waals surface area contributed by atoms with Gasteiger partial charge in [0.15, 0.2) is 0 Å². The highest BCUT2D eigenvalue weighted by molar-refractivity contribution is 6.33. The predicted octanol–water partition coefficient (Wildman–Crippen LogP) is 5.55. The van der Waals surface area contributed by atoms with E-state index < -0.39 is 0 Å². The van der Waals surface area contributed by atoms with E-state index in [0.29, 0.717) is 27.9 Å². The van der Waals surface area contributed by atoms with Gasteiger partial charge in [0.1, 0.15) is 0 Å². The number of anilines is 1. The van der Waals surface area contributed by atoms with E-state index in [0.717, 1.165) is 42.1 Å². The molecule has 34 heavy (non-hydrogen) atoms. The smallest absolute Gasteiger partial charge is 0.251 e. The lowest BCUT2D eigenvalue weighted by Crippen LogP contribution is -2.38. The average molecular weight is 473 g/mol. The number of carbonyl (C=O) groups excluding carboxylic acids is 1. The van der Waals surface area contributed by atoms with E-state index in [1.807, 2.05) is 36.7 Å². The average Bonchev–Trinajstić information content (AvgIpc) is 3.28. The molecule has 1 aliphatic carbocycles. The van der Waals surface area contributed by atoms with Crippen molar-refractivity contribution in [2.75, 3.05) is 5.73 Å². The van der Waals surface area contributed by atoms with Gasteiger partial charge < -0.3 is 16.0 Å². The van der Waals surface area contributed by atoms with Crippen LogP contribution >= 0.6 is 11.6 Å². The molecule has 0 radical (unpaired) electrons. The Bertz CT molecular complexity index is 1350. The van der Waals surface area contributed by atoms with Crippen LogP contribution in [-0.2, 0) is 0 Å². The molecule has 1 aliphatic rings. The number of rotatable bonds is 5. The summed E-state index contributed by atoms with van der Waals surface area (Å²) in [6.07, 6.45) is 9.22. The van der Waals surface area contributed by atoms with Gasteiger partial charge in [0.2, 0.25) is 5.95 Å². The van der Waals surface area contributed by atoms with E-state index in [-0.39, 0.29) is 17.9 Å². The second-order valence-electron chi connectivity index (χ2n) is 8.61. The fraction of sp³-hybridized carbons (Fsp3) is 0.231. The molecule has 1 amide bonds. The monoisotopic (exact) mass is 472 g/mol. The highest BCUT2D eigenvalue weighted by Crippen LogP contribution is 2.32. The van der Waals surface area contributed by atoms with Crippen molar-refractivity contribution in [1.82, 2.24) is 20.3 Å². The summed E-state index contributed by atoms with van der Waals surface area (Å²) in [5.41, 5.74) is 9.56. The van der Waals surface area contributed by atoms with E-state index in [4.69, 9.17) is 17.3 Å². The maximum atomic E-state index is 12.6. The number of aromatic nitrogens is 3. The van der Waals surface area contributed by atoms with Gasteiger partial charge >= 0.3 is 0 Å². The Morgan fingerprint density at radius 1 is 1.18 bits per heavy atom. The number of amides is 1. The largest absolute Gasteiger partial charge is 0.399 e. The van der Waals surface area contributed by atoms with Gasteiger partial charge in [0, 0.05) is 46.2 Å². The lowest BCUT2D eigenvalue weighted by molar-refractivity contribution is 0.0924. The van der Waals surface area contributed by atoms with Crippen LogP contribution in [0.3, 0.4) is 0 Å². The number of aliphatic imine (C=N–C) groups is 1. The van der Waals surface area contributed by atoms with Crippen molar-refractivity contribution >= 4 is 46.3 Å². The van der Waals surface area contributed by atoms with Gasteiger partial charge in [0.05, 0.1) is 16.9 Å². The van der Waals surface area contributed by atoms with Crippen molar-refractivity contribution < 1.29 is 4.79 Å². The maximum absolute atomic E-state index is 12.6. The molecule has 1 saturated carbocycles. The molecule has 0 bridgehead atoms. The number of fused-ring (bicyclic) bond motifs is 1. The first kappa shape index (κ1) is 22.1. The number of benzene rings is 2. The first-order valence-corrected chi connectivity index (χ1v) is 11.7. The van der Waals surface area contributed by atoms with Crippen LogP contribution in [0.15, 0.2) is 65.9 Å². The predicted molar refractivity (Wildman–Crippen MR) is 137 cm³/mol. The number of nitrogens with two attached hydrogens (primary N) is 1. The number of aromatic amines is 1. The third kappa shape index (κ3) is 4.79. The highest BCUT2D eigenvalue weighted by atomic mass is 35.5. The molecular formula is C26H25ClN6O. The lowest BCUT2D eigenvalue weighted by Gasteiger charge is -2.27. The van der Waals surface area contributed by atoms with E-state index >= 15 is 0 Å². The Balaban J connectivity index is 1.28. The Kier molecular flexibility index (Phi) is 6.27. The minimum Gasteiger partial charge on any atom is -0.399 e. The number of nitrogens with zero attached hydrogens (tertiary/aromatic N) is 3. The van der Waals surface area contributed by atoms with E-state index in [1.54, 1.807) is 30.5 Å². The minimum absolute atomic E-state index is 0.0769. The van der Waals surface area contributed by atoms with Crippen LogP contribution in [0.25, 0.3) is 22.2 Å². The van der Waals surface area contributed by atoms with Crippen molar-refractivity contribution in [2.24, 2.45) is 10.9 Å². The number of H-pyrrole nitrogens is 1. The normalized spacial score (nSPS) is 18.4. The third-order valence-corrected chi connectivity index (χ3v) is 6.48. The Morgan fingerprint density at radius 2 is 2.00 bits per heavy atom. The fourth-order valence-electron chi connectivity index (χ4n) is 4.45. The van der Waals surface area contributed by atoms with Gasteiger partial charge in [-0.3, -0.25) is 4.79 Å². The first-order chi connectivity index (χ1) is 16.6. The van der Waals surface area contributed by atoms with E-state index in [9.17, 15) is 4.79 Å². The van der Waals surface area contributed by atoms with Crippen molar-refractivity contribution in [3.63, 3.8) is 0 Å². The zero-order chi connectivity index (χ0) is 23.5. The van der Waals surface area contributed by atoms with Crippen molar-refractivity contribution in [2.45, 2.75) is 31.7 Å². The van der Waals surface area contributed by atoms with Crippen LogP contribution < -0.4 is 11.1 Å². The molecule has 2 heterocycles. The second-order valence-corrected chi connectivity index (χ2v) is 9.02. The molecule has 0 spiro atoms. The summed E-state index contributed by atoms with van der Waals surface area (Å²) in [5.74, 6) is 0.533. The lowest BCUT2D eigenvalue weighted by atomic mass is 9.86. The Hall–Kier alpha value is -3.71. The van der Waals surface area contributed by atoms with Crippen LogP contribution in [0.1, 0.15) is 36.0 Å².